The summed E-state index contributed by atoms with van der Waals surface area (Å²) in [4.78, 5) is 13.4. The second-order valence-corrected chi connectivity index (χ2v) is 21.8. The molecule has 0 bridgehead atoms. The van der Waals surface area contributed by atoms with E-state index in [0.29, 0.717) is 12.8 Å². The molecule has 11 N–H and O–H groups in total. The molecule has 14 unspecified atom stereocenters. The van der Waals surface area contributed by atoms with E-state index in [2.05, 4.69) is 19.2 Å². The lowest BCUT2D eigenvalue weighted by atomic mass is 9.98. The molecule has 2 rings (SSSR count). The number of ether oxygens (including phenoxy) is 4. The molecule has 0 saturated carbocycles. The minimum Gasteiger partial charge on any atom is -0.394 e. The maximum absolute atomic E-state index is 13.4. The van der Waals surface area contributed by atoms with Crippen LogP contribution in [0.5, 0.6) is 0 Å². The van der Waals surface area contributed by atoms with Gasteiger partial charge in [-0.25, -0.2) is 0 Å². The van der Waals surface area contributed by atoms with E-state index in [1.807, 2.05) is 0 Å². The number of nitrogens with one attached hydrogen (secondary N) is 1. The van der Waals surface area contributed by atoms with Crippen LogP contribution in [0.2, 0.25) is 0 Å². The molecule has 2 fully saturated rings. The van der Waals surface area contributed by atoms with E-state index in [-0.39, 0.29) is 12.8 Å². The third kappa shape index (κ3) is 29.5. The fourth-order valence-corrected chi connectivity index (χ4v) is 10.3. The molecule has 16 heteroatoms. The first kappa shape index (κ1) is 68.0. The van der Waals surface area contributed by atoms with Crippen LogP contribution >= 0.6 is 0 Å². The van der Waals surface area contributed by atoms with Gasteiger partial charge in [-0.3, -0.25) is 4.79 Å². The number of unbranched alkanes of at least 4 members (excludes halogenated alkanes) is 33. The van der Waals surface area contributed by atoms with E-state index in [0.717, 1.165) is 44.9 Å². The standard InChI is InChI=1S/C57H111NO15/c1-3-5-7-9-11-13-15-17-19-20-21-22-23-25-27-29-31-33-35-37-39-45(62)55(69)58-43(48(64)44(61)38-36-34-32-30-28-26-24-18-16-14-12-10-8-6-4-2)42-70-56-52(68)54(49(65)47(41-60)71-56)73-57-51(67)50(66)53(72-57)46(63)40-59/h43-54,56-57,59-68H,3-42H2,1-2H3,(H,58,69). The maximum Gasteiger partial charge on any atom is 0.249 e. The molecule has 0 aromatic rings. The highest BCUT2D eigenvalue weighted by molar-refractivity contribution is 5.80. The van der Waals surface area contributed by atoms with Crippen molar-refractivity contribution >= 4 is 5.91 Å². The summed E-state index contributed by atoms with van der Waals surface area (Å²) in [7, 11) is 0. The summed E-state index contributed by atoms with van der Waals surface area (Å²) in [5, 5.41) is 109. The van der Waals surface area contributed by atoms with Crippen LogP contribution in [0.3, 0.4) is 0 Å². The summed E-state index contributed by atoms with van der Waals surface area (Å²) >= 11 is 0. The van der Waals surface area contributed by atoms with Crippen molar-refractivity contribution in [3.05, 3.63) is 0 Å². The molecule has 2 aliphatic heterocycles. The highest BCUT2D eigenvalue weighted by Gasteiger charge is 2.52. The zero-order chi connectivity index (χ0) is 53.5. The molecule has 0 aliphatic carbocycles. The lowest BCUT2D eigenvalue weighted by molar-refractivity contribution is -0.332. The van der Waals surface area contributed by atoms with Gasteiger partial charge in [0.2, 0.25) is 5.91 Å². The number of hydrogen-bond donors (Lipinski definition) is 11. The van der Waals surface area contributed by atoms with Crippen LogP contribution in [0.1, 0.15) is 251 Å². The van der Waals surface area contributed by atoms with Gasteiger partial charge in [0.1, 0.15) is 61.0 Å². The molecule has 2 heterocycles. The topological polar surface area (TPSA) is 268 Å². The Morgan fingerprint density at radius 2 is 0.890 bits per heavy atom. The van der Waals surface area contributed by atoms with Gasteiger partial charge < -0.3 is 75.3 Å². The van der Waals surface area contributed by atoms with Crippen molar-refractivity contribution in [3.8, 4) is 0 Å². The van der Waals surface area contributed by atoms with Crippen LogP contribution in [0, 0.1) is 0 Å². The van der Waals surface area contributed by atoms with Crippen LogP contribution in [-0.4, -0.2) is 163 Å². The molecule has 0 radical (unpaired) electrons. The molecule has 16 nitrogen and oxygen atoms in total. The molecule has 0 aromatic carbocycles. The van der Waals surface area contributed by atoms with Gasteiger partial charge in [-0.15, -0.1) is 0 Å². The van der Waals surface area contributed by atoms with E-state index in [9.17, 15) is 55.9 Å². The largest absolute Gasteiger partial charge is 0.394 e. The number of carbonyl (C=O) groups excluding carboxylic acids is 1. The summed E-state index contributed by atoms with van der Waals surface area (Å²) in [6, 6.07) is -1.28. The Labute approximate surface area is 441 Å². The van der Waals surface area contributed by atoms with E-state index >= 15 is 0 Å². The third-order valence-electron chi connectivity index (χ3n) is 15.2. The Morgan fingerprint density at radius 3 is 1.29 bits per heavy atom. The number of amides is 1. The minimum absolute atomic E-state index is 0.204. The number of hydrogen-bond acceptors (Lipinski definition) is 15. The minimum atomic E-state index is -1.82. The van der Waals surface area contributed by atoms with Gasteiger partial charge in [0.15, 0.2) is 12.6 Å². The molecule has 73 heavy (non-hydrogen) atoms. The molecule has 0 aromatic heterocycles. The number of aliphatic hydroxyl groups is 10. The molecule has 2 saturated heterocycles. The maximum atomic E-state index is 13.4. The Balaban J connectivity index is 1.84. The van der Waals surface area contributed by atoms with Crippen LogP contribution in [-0.2, 0) is 23.7 Å². The average molecular weight is 1050 g/mol. The molecular weight excluding hydrogens is 939 g/mol. The Hall–Kier alpha value is -1.09. The highest BCUT2D eigenvalue weighted by atomic mass is 16.7. The van der Waals surface area contributed by atoms with Crippen molar-refractivity contribution in [2.75, 3.05) is 19.8 Å². The van der Waals surface area contributed by atoms with Gasteiger partial charge in [0, 0.05) is 0 Å². The van der Waals surface area contributed by atoms with E-state index in [1.54, 1.807) is 0 Å². The van der Waals surface area contributed by atoms with Crippen LogP contribution in [0.4, 0.5) is 0 Å². The first-order chi connectivity index (χ1) is 35.4. The van der Waals surface area contributed by atoms with Crippen molar-refractivity contribution < 1.29 is 74.8 Å². The summed E-state index contributed by atoms with van der Waals surface area (Å²) in [6.45, 7) is 2.41. The van der Waals surface area contributed by atoms with Crippen molar-refractivity contribution in [3.63, 3.8) is 0 Å². The quantitative estimate of drug-likeness (QED) is 0.0261. The van der Waals surface area contributed by atoms with Crippen molar-refractivity contribution in [2.24, 2.45) is 0 Å². The van der Waals surface area contributed by atoms with Crippen LogP contribution < -0.4 is 5.32 Å². The molecular formula is C57H111NO15. The number of carbonyl (C=O) groups is 1. The van der Waals surface area contributed by atoms with E-state index in [1.165, 1.54) is 167 Å². The van der Waals surface area contributed by atoms with E-state index < -0.39 is 111 Å². The fourth-order valence-electron chi connectivity index (χ4n) is 10.3. The smallest absolute Gasteiger partial charge is 0.249 e. The first-order valence-corrected chi connectivity index (χ1v) is 30.0. The Morgan fingerprint density at radius 1 is 0.493 bits per heavy atom. The molecule has 0 spiro atoms. The average Bonchev–Trinajstić information content (AvgIpc) is 3.67. The summed E-state index contributed by atoms with van der Waals surface area (Å²) in [6.07, 6.45) is 22.6. The third-order valence-corrected chi connectivity index (χ3v) is 15.2. The van der Waals surface area contributed by atoms with Crippen LogP contribution in [0.15, 0.2) is 0 Å². The lowest BCUT2D eigenvalue weighted by Crippen LogP contribution is -2.62. The number of aliphatic hydroxyl groups excluding tert-OH is 10. The number of rotatable bonds is 49. The Bertz CT molecular complexity index is 1270. The fraction of sp³-hybridized carbons (Fsp3) is 0.982. The second-order valence-electron chi connectivity index (χ2n) is 21.8. The molecule has 1 amide bonds. The van der Waals surface area contributed by atoms with Gasteiger partial charge in [-0.1, -0.05) is 239 Å². The summed E-state index contributed by atoms with van der Waals surface area (Å²) in [5.74, 6) is -0.759. The monoisotopic (exact) mass is 1050 g/mol. The Kier molecular flexibility index (Phi) is 40.9. The second kappa shape index (κ2) is 43.8. The summed E-state index contributed by atoms with van der Waals surface area (Å²) in [5.41, 5.74) is 0. The highest BCUT2D eigenvalue weighted by Crippen LogP contribution is 2.31. The predicted molar refractivity (Wildman–Crippen MR) is 284 cm³/mol. The van der Waals surface area contributed by atoms with Gasteiger partial charge in [-0.05, 0) is 12.8 Å². The molecule has 434 valence electrons. The van der Waals surface area contributed by atoms with Gasteiger partial charge >= 0.3 is 0 Å². The first-order valence-electron chi connectivity index (χ1n) is 30.0. The zero-order valence-electron chi connectivity index (χ0n) is 45.9. The summed E-state index contributed by atoms with van der Waals surface area (Å²) < 4.78 is 22.6. The molecule has 2 aliphatic rings. The van der Waals surface area contributed by atoms with E-state index in [4.69, 9.17) is 18.9 Å². The van der Waals surface area contributed by atoms with Gasteiger partial charge in [0.05, 0.1) is 32.0 Å². The SMILES string of the molecule is CCCCCCCCCCCCCCCCCCCCCCC(O)C(=O)NC(COC1OC(CO)C(O)C(OC2OC(C(O)CO)C(O)C2O)C1O)C(O)C(O)CCCCCCCCCCCCCCCCC. The van der Waals surface area contributed by atoms with Crippen LogP contribution in [0.25, 0.3) is 0 Å². The van der Waals surface area contributed by atoms with Gasteiger partial charge in [0.25, 0.3) is 0 Å². The van der Waals surface area contributed by atoms with Crippen molar-refractivity contribution in [1.82, 2.24) is 5.32 Å². The zero-order valence-corrected chi connectivity index (χ0v) is 45.9. The van der Waals surface area contributed by atoms with Crippen molar-refractivity contribution in [1.29, 1.82) is 0 Å². The van der Waals surface area contributed by atoms with Gasteiger partial charge in [-0.2, -0.15) is 0 Å². The van der Waals surface area contributed by atoms with Crippen molar-refractivity contribution in [2.45, 2.75) is 337 Å². The lowest BCUT2D eigenvalue weighted by Gasteiger charge is -2.43. The normalized spacial score (nSPS) is 25.5. The molecule has 14 atom stereocenters. The predicted octanol–water partition coefficient (Wildman–Crippen LogP) is 7.67.